The van der Waals surface area contributed by atoms with Crippen LogP contribution >= 0.6 is 24.0 Å². The summed E-state index contributed by atoms with van der Waals surface area (Å²) in [6.07, 6.45) is 7.50. The van der Waals surface area contributed by atoms with E-state index in [1.165, 1.54) is 31.1 Å². The van der Waals surface area contributed by atoms with Crippen molar-refractivity contribution in [3.05, 3.63) is 33.6 Å². The number of carbonyl (C=O) groups is 1. The highest BCUT2D eigenvalue weighted by molar-refractivity contribution is 8.14. The van der Waals surface area contributed by atoms with Gasteiger partial charge in [-0.1, -0.05) is 25.2 Å². The molecule has 1 aliphatic carbocycles. The number of fused-ring (bicyclic) bond motifs is 1. The molecule has 1 aliphatic rings. The lowest BCUT2D eigenvalue weighted by Gasteiger charge is -2.17. The first-order chi connectivity index (χ1) is 12.2. The molecule has 0 aliphatic heterocycles. The Morgan fingerprint density at radius 1 is 1.40 bits per heavy atom. The van der Waals surface area contributed by atoms with Crippen LogP contribution in [0.5, 0.6) is 0 Å². The Bertz CT molecular complexity index is 640. The third-order valence-electron chi connectivity index (χ3n) is 3.65. The molecule has 1 aromatic rings. The Morgan fingerprint density at radius 3 is 2.64 bits per heavy atom. The number of thioether (sulfide) groups is 1. The van der Waals surface area contributed by atoms with Crippen LogP contribution in [0.15, 0.2) is 17.2 Å². The normalized spacial score (nSPS) is 13.7. The Kier molecular flexibility index (Phi) is 12.7. The molecule has 0 spiro atoms. The van der Waals surface area contributed by atoms with E-state index in [0.29, 0.717) is 0 Å². The molecule has 0 fully saturated rings. The fourth-order valence-electron chi connectivity index (χ4n) is 2.46. The van der Waals surface area contributed by atoms with Gasteiger partial charge in [-0.15, -0.1) is 11.8 Å². The van der Waals surface area contributed by atoms with Crippen LogP contribution in [0.2, 0.25) is 0 Å². The Morgan fingerprint density at radius 2 is 2.04 bits per heavy atom. The minimum atomic E-state index is 0.726. The fourth-order valence-corrected chi connectivity index (χ4v) is 3.49. The SMILES string of the molecule is C=O.CC/C(=N/N)SC/C=C(\N)c1cc2c([nH]c1=S)CCCC2.CN. The van der Waals surface area contributed by atoms with E-state index in [1.54, 1.807) is 11.8 Å². The lowest BCUT2D eigenvalue weighted by Crippen LogP contribution is -2.09. The monoisotopic (exact) mass is 383 g/mol. The maximum atomic E-state index is 8.00. The molecular formula is C17H29N5OS2. The van der Waals surface area contributed by atoms with Gasteiger partial charge < -0.3 is 27.1 Å². The average molecular weight is 384 g/mol. The summed E-state index contributed by atoms with van der Waals surface area (Å²) < 4.78 is 0.734. The second kappa shape index (κ2) is 13.6. The van der Waals surface area contributed by atoms with Gasteiger partial charge >= 0.3 is 0 Å². The molecule has 0 saturated carbocycles. The highest BCUT2D eigenvalue weighted by atomic mass is 32.2. The highest BCUT2D eigenvalue weighted by Crippen LogP contribution is 2.23. The number of pyridine rings is 1. The summed E-state index contributed by atoms with van der Waals surface area (Å²) in [4.78, 5) is 11.3. The molecule has 1 aromatic heterocycles. The largest absolute Gasteiger partial charge is 0.398 e. The third-order valence-corrected chi connectivity index (χ3v) is 5.03. The number of carbonyl (C=O) groups excluding carboxylic acids is 1. The van der Waals surface area contributed by atoms with Crippen LogP contribution in [-0.2, 0) is 17.6 Å². The van der Waals surface area contributed by atoms with Gasteiger partial charge in [0.05, 0.1) is 5.04 Å². The van der Waals surface area contributed by atoms with E-state index >= 15 is 0 Å². The van der Waals surface area contributed by atoms with Crippen LogP contribution in [0.1, 0.15) is 43.0 Å². The summed E-state index contributed by atoms with van der Waals surface area (Å²) in [5, 5.41) is 4.66. The van der Waals surface area contributed by atoms with Crippen LogP contribution in [0.25, 0.3) is 5.70 Å². The predicted octanol–water partition coefficient (Wildman–Crippen LogP) is 2.73. The second-order valence-corrected chi connectivity index (χ2v) is 6.57. The summed E-state index contributed by atoms with van der Waals surface area (Å²) in [6, 6.07) is 2.15. The highest BCUT2D eigenvalue weighted by Gasteiger charge is 2.12. The molecule has 0 amide bonds. The molecule has 0 unspecified atom stereocenters. The fraction of sp³-hybridized carbons (Fsp3) is 0.471. The zero-order valence-electron chi connectivity index (χ0n) is 15.0. The summed E-state index contributed by atoms with van der Waals surface area (Å²) in [5.74, 6) is 6.06. The molecular weight excluding hydrogens is 354 g/mol. The van der Waals surface area contributed by atoms with Gasteiger partial charge in [0.25, 0.3) is 0 Å². The number of aromatic amines is 1. The smallest absolute Gasteiger partial charge is 0.112 e. The molecule has 0 atom stereocenters. The lowest BCUT2D eigenvalue weighted by atomic mass is 9.94. The van der Waals surface area contributed by atoms with Gasteiger partial charge in [0.2, 0.25) is 0 Å². The molecule has 0 bridgehead atoms. The van der Waals surface area contributed by atoms with E-state index in [9.17, 15) is 0 Å². The zero-order chi connectivity index (χ0) is 19.2. The molecule has 7 N–H and O–H groups in total. The van der Waals surface area contributed by atoms with Crippen molar-refractivity contribution >= 4 is 41.5 Å². The van der Waals surface area contributed by atoms with Crippen molar-refractivity contribution in [1.82, 2.24) is 4.98 Å². The van der Waals surface area contributed by atoms with E-state index in [-0.39, 0.29) is 0 Å². The van der Waals surface area contributed by atoms with E-state index in [4.69, 9.17) is 28.6 Å². The Labute approximate surface area is 159 Å². The first-order valence-corrected chi connectivity index (χ1v) is 9.52. The van der Waals surface area contributed by atoms with Crippen molar-refractivity contribution in [3.63, 3.8) is 0 Å². The number of hydrogen-bond donors (Lipinski definition) is 4. The molecule has 1 heterocycles. The van der Waals surface area contributed by atoms with Crippen molar-refractivity contribution < 1.29 is 4.79 Å². The summed E-state index contributed by atoms with van der Waals surface area (Å²) in [6.45, 7) is 4.03. The topological polar surface area (TPSA) is 123 Å². The molecule has 0 radical (unpaired) electrons. The van der Waals surface area contributed by atoms with Gasteiger partial charge in [-0.3, -0.25) is 0 Å². The van der Waals surface area contributed by atoms with Crippen molar-refractivity contribution in [2.75, 3.05) is 12.8 Å². The number of rotatable bonds is 4. The molecule has 25 heavy (non-hydrogen) atoms. The van der Waals surface area contributed by atoms with E-state index in [0.717, 1.165) is 46.0 Å². The van der Waals surface area contributed by atoms with Crippen molar-refractivity contribution in [2.45, 2.75) is 39.0 Å². The van der Waals surface area contributed by atoms with Crippen LogP contribution in [0.3, 0.4) is 0 Å². The molecule has 0 saturated heterocycles. The van der Waals surface area contributed by atoms with E-state index in [2.05, 4.69) is 21.9 Å². The number of nitrogens with one attached hydrogen (secondary N) is 1. The van der Waals surface area contributed by atoms with E-state index < -0.39 is 0 Å². The number of nitrogens with zero attached hydrogens (tertiary/aromatic N) is 1. The average Bonchev–Trinajstić information content (AvgIpc) is 2.67. The summed E-state index contributed by atoms with van der Waals surface area (Å²) in [5.41, 5.74) is 15.0. The van der Waals surface area contributed by atoms with Gasteiger partial charge in [0.1, 0.15) is 11.4 Å². The number of nitrogens with two attached hydrogens (primary N) is 3. The summed E-state index contributed by atoms with van der Waals surface area (Å²) in [7, 11) is 1.50. The summed E-state index contributed by atoms with van der Waals surface area (Å²) >= 11 is 7.04. The minimum Gasteiger partial charge on any atom is -0.398 e. The molecule has 2 rings (SSSR count). The van der Waals surface area contributed by atoms with Gasteiger partial charge in [-0.05, 0) is 50.8 Å². The molecule has 6 nitrogen and oxygen atoms in total. The quantitative estimate of drug-likeness (QED) is 0.208. The standard InChI is InChI=1S/C15H22N4S2.CH5N.CH2O/c1-2-14(19-17)21-8-7-12(16)11-9-10-5-3-4-6-13(10)18-15(11)20;2*1-2/h7,9H,2-6,8,16-17H2,1H3,(H,18,20);2H2,1H3;1H2/b12-7-,19-14-;;. The van der Waals surface area contributed by atoms with Gasteiger partial charge in [0, 0.05) is 22.7 Å². The van der Waals surface area contributed by atoms with Crippen molar-refractivity contribution in [2.24, 2.45) is 22.4 Å². The Hall–Kier alpha value is -1.64. The first kappa shape index (κ1) is 23.4. The van der Waals surface area contributed by atoms with Crippen LogP contribution in [0.4, 0.5) is 0 Å². The minimum absolute atomic E-state index is 0.726. The van der Waals surface area contributed by atoms with Crippen LogP contribution in [0, 0.1) is 4.64 Å². The Balaban J connectivity index is 0.00000134. The number of hydrazone groups is 1. The number of hydrogen-bond acceptors (Lipinski definition) is 7. The maximum absolute atomic E-state index is 8.00. The first-order valence-electron chi connectivity index (χ1n) is 8.13. The predicted molar refractivity (Wildman–Crippen MR) is 112 cm³/mol. The molecule has 0 aromatic carbocycles. The van der Waals surface area contributed by atoms with Gasteiger partial charge in [-0.2, -0.15) is 5.10 Å². The number of aryl methyl sites for hydroxylation is 2. The van der Waals surface area contributed by atoms with Gasteiger partial charge in [-0.25, -0.2) is 0 Å². The van der Waals surface area contributed by atoms with Crippen LogP contribution in [-0.4, -0.2) is 29.6 Å². The number of H-pyrrole nitrogens is 1. The van der Waals surface area contributed by atoms with Crippen molar-refractivity contribution in [1.29, 1.82) is 0 Å². The number of aromatic nitrogens is 1. The maximum Gasteiger partial charge on any atom is 0.112 e. The molecule has 140 valence electrons. The van der Waals surface area contributed by atoms with Crippen LogP contribution < -0.4 is 17.3 Å². The zero-order valence-corrected chi connectivity index (χ0v) is 16.6. The van der Waals surface area contributed by atoms with Gasteiger partial charge in [0.15, 0.2) is 0 Å². The second-order valence-electron chi connectivity index (χ2n) is 5.07. The van der Waals surface area contributed by atoms with Crippen molar-refractivity contribution in [3.8, 4) is 0 Å². The third kappa shape index (κ3) is 7.41. The lowest BCUT2D eigenvalue weighted by molar-refractivity contribution is -0.0979. The molecule has 8 heteroatoms. The van der Waals surface area contributed by atoms with E-state index in [1.807, 2.05) is 19.8 Å².